The van der Waals surface area contributed by atoms with E-state index < -0.39 is 0 Å². The van der Waals surface area contributed by atoms with Crippen molar-refractivity contribution in [2.45, 2.75) is 19.3 Å². The molecule has 1 aromatic heterocycles. The smallest absolute Gasteiger partial charge is 0.227 e. The number of fused-ring (bicyclic) bond motifs is 1. The van der Waals surface area contributed by atoms with Crippen molar-refractivity contribution < 1.29 is 14.3 Å². The molecule has 1 aliphatic rings. The van der Waals surface area contributed by atoms with Gasteiger partial charge in [0.25, 0.3) is 0 Å². The van der Waals surface area contributed by atoms with E-state index >= 15 is 0 Å². The molecule has 5 nitrogen and oxygen atoms in total. The molecule has 23 heavy (non-hydrogen) atoms. The number of thiophene rings is 1. The highest BCUT2D eigenvalue weighted by molar-refractivity contribution is 7.10. The van der Waals surface area contributed by atoms with Crippen LogP contribution in [0.3, 0.4) is 0 Å². The zero-order valence-corrected chi connectivity index (χ0v) is 13.4. The van der Waals surface area contributed by atoms with Gasteiger partial charge in [0.15, 0.2) is 0 Å². The van der Waals surface area contributed by atoms with Gasteiger partial charge in [-0.2, -0.15) is 0 Å². The van der Waals surface area contributed by atoms with Crippen LogP contribution in [0.15, 0.2) is 35.7 Å². The fourth-order valence-electron chi connectivity index (χ4n) is 2.40. The molecular weight excluding hydrogens is 312 g/mol. The first kappa shape index (κ1) is 15.6. The summed E-state index contributed by atoms with van der Waals surface area (Å²) in [7, 11) is 0. The van der Waals surface area contributed by atoms with E-state index in [4.69, 9.17) is 4.74 Å². The van der Waals surface area contributed by atoms with Crippen molar-refractivity contribution in [3.05, 3.63) is 46.2 Å². The first-order valence-corrected chi connectivity index (χ1v) is 8.43. The average Bonchev–Trinajstić information content (AvgIpc) is 2.94. The molecule has 6 heteroatoms. The van der Waals surface area contributed by atoms with Gasteiger partial charge in [-0.05, 0) is 35.6 Å². The topological polar surface area (TPSA) is 67.4 Å². The Labute approximate surface area is 138 Å². The number of carbonyl (C=O) groups excluding carboxylic acids is 2. The summed E-state index contributed by atoms with van der Waals surface area (Å²) >= 11 is 1.58. The van der Waals surface area contributed by atoms with Gasteiger partial charge in [0.05, 0.1) is 25.1 Å². The SMILES string of the molecule is O=C(Cc1cccs1)NCCc1ccc2c(c1)NC(=O)CCO2. The summed E-state index contributed by atoms with van der Waals surface area (Å²) in [6, 6.07) is 9.63. The molecule has 0 bridgehead atoms. The highest BCUT2D eigenvalue weighted by atomic mass is 32.1. The van der Waals surface area contributed by atoms with Crippen LogP contribution in [0.1, 0.15) is 16.9 Å². The minimum Gasteiger partial charge on any atom is -0.491 e. The molecule has 120 valence electrons. The standard InChI is InChI=1S/C17H18N2O3S/c20-16-6-8-22-15-4-3-12(10-14(15)19-16)5-7-18-17(21)11-13-2-1-9-23-13/h1-4,9-10H,5-8,11H2,(H,18,21)(H,19,20). The molecule has 0 radical (unpaired) electrons. The van der Waals surface area contributed by atoms with Crippen LogP contribution in [-0.4, -0.2) is 25.0 Å². The largest absolute Gasteiger partial charge is 0.491 e. The Balaban J connectivity index is 1.52. The lowest BCUT2D eigenvalue weighted by atomic mass is 10.1. The van der Waals surface area contributed by atoms with E-state index in [0.29, 0.717) is 43.9 Å². The number of nitrogens with one attached hydrogen (secondary N) is 2. The lowest BCUT2D eigenvalue weighted by Gasteiger charge is -2.10. The lowest BCUT2D eigenvalue weighted by Crippen LogP contribution is -2.26. The lowest BCUT2D eigenvalue weighted by molar-refractivity contribution is -0.120. The minimum absolute atomic E-state index is 0.0267. The summed E-state index contributed by atoms with van der Waals surface area (Å²) in [5.74, 6) is 0.685. The number of anilines is 1. The number of hydrogen-bond donors (Lipinski definition) is 2. The Kier molecular flexibility index (Phi) is 4.92. The van der Waals surface area contributed by atoms with E-state index in [1.54, 1.807) is 11.3 Å². The van der Waals surface area contributed by atoms with E-state index in [2.05, 4.69) is 10.6 Å². The number of benzene rings is 1. The molecule has 0 unspecified atom stereocenters. The molecule has 0 fully saturated rings. The average molecular weight is 330 g/mol. The third-order valence-electron chi connectivity index (χ3n) is 3.56. The molecule has 3 rings (SSSR count). The van der Waals surface area contributed by atoms with Crippen LogP contribution in [0, 0.1) is 0 Å². The number of rotatable bonds is 5. The third-order valence-corrected chi connectivity index (χ3v) is 4.43. The van der Waals surface area contributed by atoms with Gasteiger partial charge in [0.1, 0.15) is 5.75 Å². The van der Waals surface area contributed by atoms with E-state index in [9.17, 15) is 9.59 Å². The molecule has 2 amide bonds. The first-order valence-electron chi connectivity index (χ1n) is 7.55. The van der Waals surface area contributed by atoms with E-state index in [1.165, 1.54) is 0 Å². The molecule has 0 spiro atoms. The van der Waals surface area contributed by atoms with Crippen molar-refractivity contribution >= 4 is 28.8 Å². The zero-order chi connectivity index (χ0) is 16.1. The second-order valence-electron chi connectivity index (χ2n) is 5.33. The quantitative estimate of drug-likeness (QED) is 0.884. The zero-order valence-electron chi connectivity index (χ0n) is 12.6. The maximum Gasteiger partial charge on any atom is 0.227 e. The summed E-state index contributed by atoms with van der Waals surface area (Å²) in [6.45, 7) is 0.967. The predicted molar refractivity (Wildman–Crippen MR) is 89.9 cm³/mol. The molecule has 0 saturated carbocycles. The Morgan fingerprint density at radius 1 is 1.35 bits per heavy atom. The Morgan fingerprint density at radius 3 is 3.09 bits per heavy atom. The van der Waals surface area contributed by atoms with Crippen molar-refractivity contribution in [2.24, 2.45) is 0 Å². The molecule has 1 aliphatic heterocycles. The molecule has 0 aliphatic carbocycles. The summed E-state index contributed by atoms with van der Waals surface area (Å²) in [6.07, 6.45) is 1.49. The van der Waals surface area contributed by atoms with Crippen molar-refractivity contribution in [3.8, 4) is 5.75 Å². The summed E-state index contributed by atoms with van der Waals surface area (Å²) in [4.78, 5) is 24.5. The molecule has 0 saturated heterocycles. The normalized spacial score (nSPS) is 13.5. The molecule has 0 atom stereocenters. The van der Waals surface area contributed by atoms with Crippen LogP contribution in [0.25, 0.3) is 0 Å². The van der Waals surface area contributed by atoms with Crippen LogP contribution in [0.5, 0.6) is 5.75 Å². The first-order chi connectivity index (χ1) is 11.2. The van der Waals surface area contributed by atoms with Crippen LogP contribution >= 0.6 is 11.3 Å². The highest BCUT2D eigenvalue weighted by Crippen LogP contribution is 2.28. The molecule has 2 aromatic rings. The predicted octanol–water partition coefficient (Wildman–Crippen LogP) is 2.37. The van der Waals surface area contributed by atoms with Gasteiger partial charge in [-0.1, -0.05) is 12.1 Å². The van der Waals surface area contributed by atoms with Crippen LogP contribution in [0.4, 0.5) is 5.69 Å². The van der Waals surface area contributed by atoms with Gasteiger partial charge in [-0.3, -0.25) is 9.59 Å². The fourth-order valence-corrected chi connectivity index (χ4v) is 3.11. The Bertz CT molecular complexity index is 698. The second-order valence-corrected chi connectivity index (χ2v) is 6.37. The van der Waals surface area contributed by atoms with Crippen LogP contribution in [-0.2, 0) is 22.4 Å². The number of amides is 2. The van der Waals surface area contributed by atoms with Crippen LogP contribution < -0.4 is 15.4 Å². The number of carbonyl (C=O) groups is 2. The van der Waals surface area contributed by atoms with Gasteiger partial charge in [-0.15, -0.1) is 11.3 Å². The second kappa shape index (κ2) is 7.28. The van der Waals surface area contributed by atoms with Gasteiger partial charge in [0.2, 0.25) is 11.8 Å². The molecule has 2 N–H and O–H groups in total. The van der Waals surface area contributed by atoms with Crippen molar-refractivity contribution in [2.75, 3.05) is 18.5 Å². The monoisotopic (exact) mass is 330 g/mol. The Morgan fingerprint density at radius 2 is 2.26 bits per heavy atom. The maximum absolute atomic E-state index is 11.8. The fraction of sp³-hybridized carbons (Fsp3) is 0.294. The van der Waals surface area contributed by atoms with E-state index in [-0.39, 0.29) is 11.8 Å². The van der Waals surface area contributed by atoms with Crippen molar-refractivity contribution in [1.82, 2.24) is 5.32 Å². The number of ether oxygens (including phenoxy) is 1. The minimum atomic E-state index is -0.0369. The van der Waals surface area contributed by atoms with E-state index in [0.717, 1.165) is 10.4 Å². The van der Waals surface area contributed by atoms with Gasteiger partial charge in [-0.25, -0.2) is 0 Å². The summed E-state index contributed by atoms with van der Waals surface area (Å²) in [5.41, 5.74) is 1.75. The summed E-state index contributed by atoms with van der Waals surface area (Å²) < 4.78 is 5.52. The van der Waals surface area contributed by atoms with Crippen LogP contribution in [0.2, 0.25) is 0 Å². The van der Waals surface area contributed by atoms with E-state index in [1.807, 2.05) is 35.7 Å². The Hall–Kier alpha value is -2.34. The van der Waals surface area contributed by atoms with Crippen molar-refractivity contribution in [3.63, 3.8) is 0 Å². The third kappa shape index (κ3) is 4.32. The maximum atomic E-state index is 11.8. The summed E-state index contributed by atoms with van der Waals surface area (Å²) in [5, 5.41) is 7.73. The highest BCUT2D eigenvalue weighted by Gasteiger charge is 2.14. The van der Waals surface area contributed by atoms with Gasteiger partial charge in [0, 0.05) is 11.4 Å². The van der Waals surface area contributed by atoms with Crippen molar-refractivity contribution in [1.29, 1.82) is 0 Å². The van der Waals surface area contributed by atoms with Gasteiger partial charge < -0.3 is 15.4 Å². The molecule has 2 heterocycles. The molecular formula is C17H18N2O3S. The molecule has 1 aromatic carbocycles. The number of hydrogen-bond acceptors (Lipinski definition) is 4. The van der Waals surface area contributed by atoms with Gasteiger partial charge >= 0.3 is 0 Å².